The van der Waals surface area contributed by atoms with E-state index in [1.807, 2.05) is 6.92 Å². The molecular weight excluding hydrogens is 278 g/mol. The van der Waals surface area contributed by atoms with Crippen LogP contribution in [0.15, 0.2) is 9.90 Å². The summed E-state index contributed by atoms with van der Waals surface area (Å²) >= 11 is 1.64. The van der Waals surface area contributed by atoms with Gasteiger partial charge in [-0.15, -0.1) is 11.3 Å². The fourth-order valence-electron chi connectivity index (χ4n) is 2.45. The zero-order valence-electron chi connectivity index (χ0n) is 11.1. The monoisotopic (exact) mass is 293 g/mol. The van der Waals surface area contributed by atoms with Gasteiger partial charge in [0.1, 0.15) is 0 Å². The lowest BCUT2D eigenvalue weighted by molar-refractivity contribution is 0.0987. The predicted octanol–water partition coefficient (Wildman–Crippen LogP) is 1.27. The second-order valence-electron chi connectivity index (χ2n) is 4.81. The molecule has 8 heteroatoms. The van der Waals surface area contributed by atoms with Crippen LogP contribution in [0.3, 0.4) is 0 Å². The van der Waals surface area contributed by atoms with E-state index in [-0.39, 0.29) is 11.9 Å². The van der Waals surface area contributed by atoms with Crippen LogP contribution in [0.25, 0.3) is 0 Å². The Morgan fingerprint density at radius 3 is 3.10 bits per heavy atom. The number of nitrogens with two attached hydrogens (primary N) is 1. The Kier molecular flexibility index (Phi) is 3.49. The molecule has 0 spiro atoms. The van der Waals surface area contributed by atoms with Crippen molar-refractivity contribution in [3.8, 4) is 0 Å². The standard InChI is InChI=1S/C12H15N5O2S/c1-7-14-8(6-20-7)5-17-4-2-3-9(17)12-15-11(10(13)18)16-19-12/h6,9H,2-5H2,1H3,(H2,13,18)/t9-/m0/s1. The summed E-state index contributed by atoms with van der Waals surface area (Å²) < 4.78 is 5.16. The molecule has 2 N–H and O–H groups in total. The Hall–Kier alpha value is -1.80. The number of aryl methyl sites for hydroxylation is 1. The highest BCUT2D eigenvalue weighted by atomic mass is 32.1. The van der Waals surface area contributed by atoms with E-state index in [2.05, 4.69) is 25.4 Å². The summed E-state index contributed by atoms with van der Waals surface area (Å²) in [5, 5.41) is 6.73. The number of hydrogen-bond acceptors (Lipinski definition) is 7. The molecule has 106 valence electrons. The minimum Gasteiger partial charge on any atom is -0.363 e. The Labute approximate surface area is 119 Å². The van der Waals surface area contributed by atoms with E-state index in [0.717, 1.165) is 36.6 Å². The van der Waals surface area contributed by atoms with Crippen LogP contribution < -0.4 is 5.73 Å². The molecule has 7 nitrogen and oxygen atoms in total. The second-order valence-corrected chi connectivity index (χ2v) is 5.87. The number of nitrogens with zero attached hydrogens (tertiary/aromatic N) is 4. The van der Waals surface area contributed by atoms with Crippen LogP contribution in [-0.2, 0) is 6.54 Å². The summed E-state index contributed by atoms with van der Waals surface area (Å²) in [7, 11) is 0. The van der Waals surface area contributed by atoms with Crippen LogP contribution in [0, 0.1) is 6.92 Å². The third kappa shape index (κ3) is 2.56. The third-order valence-electron chi connectivity index (χ3n) is 3.34. The molecule has 1 saturated heterocycles. The van der Waals surface area contributed by atoms with Gasteiger partial charge in [-0.25, -0.2) is 4.98 Å². The van der Waals surface area contributed by atoms with Crippen molar-refractivity contribution >= 4 is 17.2 Å². The average molecular weight is 293 g/mol. The van der Waals surface area contributed by atoms with Crippen molar-refractivity contribution in [2.45, 2.75) is 32.4 Å². The maximum absolute atomic E-state index is 11.0. The lowest BCUT2D eigenvalue weighted by Crippen LogP contribution is -2.23. The van der Waals surface area contributed by atoms with E-state index >= 15 is 0 Å². The molecule has 1 aliphatic heterocycles. The zero-order chi connectivity index (χ0) is 14.1. The molecule has 3 heterocycles. The van der Waals surface area contributed by atoms with Crippen LogP contribution >= 0.6 is 11.3 Å². The van der Waals surface area contributed by atoms with Gasteiger partial charge in [0.2, 0.25) is 5.89 Å². The SMILES string of the molecule is Cc1nc(CN2CCC[C@H]2c2nc(C(N)=O)no2)cs1. The molecule has 20 heavy (non-hydrogen) atoms. The van der Waals surface area contributed by atoms with E-state index in [1.165, 1.54) is 0 Å². The van der Waals surface area contributed by atoms with Crippen molar-refractivity contribution in [2.75, 3.05) is 6.54 Å². The number of carbonyl (C=O) groups is 1. The smallest absolute Gasteiger partial charge is 0.290 e. The topological polar surface area (TPSA) is 98.1 Å². The minimum atomic E-state index is -0.667. The van der Waals surface area contributed by atoms with Crippen molar-refractivity contribution in [1.29, 1.82) is 0 Å². The number of likely N-dealkylation sites (tertiary alicyclic amines) is 1. The number of rotatable bonds is 4. The number of amides is 1. The summed E-state index contributed by atoms with van der Waals surface area (Å²) in [5.41, 5.74) is 6.19. The summed E-state index contributed by atoms with van der Waals surface area (Å²) in [6, 6.07) is 0.0395. The van der Waals surface area contributed by atoms with Crippen LogP contribution in [0.5, 0.6) is 0 Å². The molecule has 0 bridgehead atoms. The van der Waals surface area contributed by atoms with Gasteiger partial charge >= 0.3 is 0 Å². The first-order valence-electron chi connectivity index (χ1n) is 6.42. The predicted molar refractivity (Wildman–Crippen MR) is 72.1 cm³/mol. The summed E-state index contributed by atoms with van der Waals surface area (Å²) in [4.78, 5) is 21.8. The lowest BCUT2D eigenvalue weighted by Gasteiger charge is -2.20. The van der Waals surface area contributed by atoms with Crippen LogP contribution in [0.2, 0.25) is 0 Å². The van der Waals surface area contributed by atoms with Gasteiger partial charge in [-0.2, -0.15) is 4.98 Å². The van der Waals surface area contributed by atoms with E-state index in [4.69, 9.17) is 10.3 Å². The average Bonchev–Trinajstić information content (AvgIpc) is 3.10. The Morgan fingerprint density at radius 1 is 1.60 bits per heavy atom. The molecule has 1 atom stereocenters. The van der Waals surface area contributed by atoms with Crippen LogP contribution in [0.1, 0.15) is 46.1 Å². The minimum absolute atomic E-state index is 0.0395. The molecule has 3 rings (SSSR count). The molecule has 1 aliphatic rings. The fourth-order valence-corrected chi connectivity index (χ4v) is 3.06. The highest BCUT2D eigenvalue weighted by molar-refractivity contribution is 7.09. The molecule has 0 aromatic carbocycles. The number of thiazole rings is 1. The number of aromatic nitrogens is 3. The second kappa shape index (κ2) is 5.29. The molecule has 0 radical (unpaired) electrons. The Balaban J connectivity index is 1.76. The van der Waals surface area contributed by atoms with Crippen molar-refractivity contribution in [1.82, 2.24) is 20.0 Å². The first-order chi connectivity index (χ1) is 9.63. The molecule has 1 fully saturated rings. The lowest BCUT2D eigenvalue weighted by atomic mass is 10.2. The maximum Gasteiger partial charge on any atom is 0.290 e. The van der Waals surface area contributed by atoms with Gasteiger partial charge in [0.25, 0.3) is 11.7 Å². The highest BCUT2D eigenvalue weighted by Crippen LogP contribution is 2.32. The molecule has 2 aromatic rings. The first-order valence-corrected chi connectivity index (χ1v) is 7.30. The molecular formula is C12H15N5O2S. The zero-order valence-corrected chi connectivity index (χ0v) is 11.9. The van der Waals surface area contributed by atoms with Gasteiger partial charge in [-0.1, -0.05) is 5.16 Å². The summed E-state index contributed by atoms with van der Waals surface area (Å²) in [6.07, 6.45) is 1.99. The summed E-state index contributed by atoms with van der Waals surface area (Å²) in [6.45, 7) is 3.70. The van der Waals surface area contributed by atoms with Gasteiger partial charge < -0.3 is 10.3 Å². The van der Waals surface area contributed by atoms with E-state index in [9.17, 15) is 4.79 Å². The van der Waals surface area contributed by atoms with Crippen LogP contribution in [0.4, 0.5) is 0 Å². The van der Waals surface area contributed by atoms with Crippen molar-refractivity contribution in [3.05, 3.63) is 27.8 Å². The van der Waals surface area contributed by atoms with E-state index in [1.54, 1.807) is 11.3 Å². The third-order valence-corrected chi connectivity index (χ3v) is 4.16. The van der Waals surface area contributed by atoms with Crippen molar-refractivity contribution in [3.63, 3.8) is 0 Å². The van der Waals surface area contributed by atoms with Gasteiger partial charge in [0.15, 0.2) is 0 Å². The largest absolute Gasteiger partial charge is 0.363 e. The quantitative estimate of drug-likeness (QED) is 0.911. The maximum atomic E-state index is 11.0. The van der Waals surface area contributed by atoms with E-state index in [0.29, 0.717) is 5.89 Å². The van der Waals surface area contributed by atoms with Gasteiger partial charge in [0, 0.05) is 11.9 Å². The first kappa shape index (κ1) is 13.2. The molecule has 1 amide bonds. The number of hydrogen-bond donors (Lipinski definition) is 1. The van der Waals surface area contributed by atoms with Crippen molar-refractivity contribution in [2.24, 2.45) is 5.73 Å². The van der Waals surface area contributed by atoms with Crippen LogP contribution in [-0.4, -0.2) is 32.5 Å². The molecule has 0 saturated carbocycles. The van der Waals surface area contributed by atoms with Gasteiger partial charge in [-0.3, -0.25) is 9.69 Å². The number of primary amides is 1. The molecule has 0 aliphatic carbocycles. The van der Waals surface area contributed by atoms with Crippen molar-refractivity contribution < 1.29 is 9.32 Å². The molecule has 0 unspecified atom stereocenters. The Morgan fingerprint density at radius 2 is 2.45 bits per heavy atom. The number of carbonyl (C=O) groups excluding carboxylic acids is 1. The van der Waals surface area contributed by atoms with Gasteiger partial charge in [0.05, 0.1) is 16.7 Å². The fraction of sp³-hybridized carbons (Fsp3) is 0.500. The molecule has 2 aromatic heterocycles. The van der Waals surface area contributed by atoms with E-state index < -0.39 is 5.91 Å². The van der Waals surface area contributed by atoms with Gasteiger partial charge in [-0.05, 0) is 26.3 Å². The summed E-state index contributed by atoms with van der Waals surface area (Å²) in [5.74, 6) is -0.265. The highest BCUT2D eigenvalue weighted by Gasteiger charge is 2.31. The normalized spacial score (nSPS) is 19.6. The Bertz CT molecular complexity index is 623.